The molecule has 2 rings (SSSR count). The highest BCUT2D eigenvalue weighted by atomic mass is 35.5. The van der Waals surface area contributed by atoms with E-state index in [0.29, 0.717) is 17.3 Å². The Bertz CT molecular complexity index is 353. The van der Waals surface area contributed by atoms with Gasteiger partial charge in [-0.1, -0.05) is 17.7 Å². The van der Waals surface area contributed by atoms with Gasteiger partial charge in [-0.3, -0.25) is 0 Å². The van der Waals surface area contributed by atoms with Crippen LogP contribution in [0.15, 0.2) is 18.2 Å². The Kier molecular flexibility index (Phi) is 4.04. The molecule has 0 unspecified atom stereocenters. The van der Waals surface area contributed by atoms with Gasteiger partial charge in [-0.25, -0.2) is 0 Å². The molecular weight excluding hydrogens is 226 g/mol. The molecule has 0 radical (unpaired) electrons. The number of rotatable bonds is 6. The lowest BCUT2D eigenvalue weighted by Gasteiger charge is -2.11. The summed E-state index contributed by atoms with van der Waals surface area (Å²) in [5.74, 6) is 1.46. The van der Waals surface area contributed by atoms with Crippen molar-refractivity contribution in [3.8, 4) is 5.75 Å². The molecule has 0 aromatic heterocycles. The smallest absolute Gasteiger partial charge is 0.189 e. The Hall–Kier alpha value is -0.770. The third-order valence-corrected chi connectivity index (χ3v) is 2.98. The van der Waals surface area contributed by atoms with Crippen molar-refractivity contribution < 1.29 is 9.47 Å². The summed E-state index contributed by atoms with van der Waals surface area (Å²) in [5, 5.41) is 0.641. The predicted octanol–water partition coefficient (Wildman–Crippen LogP) is 2.56. The summed E-state index contributed by atoms with van der Waals surface area (Å²) in [6.07, 6.45) is 2.57. The highest BCUT2D eigenvalue weighted by Gasteiger charge is 2.21. The van der Waals surface area contributed by atoms with Crippen LogP contribution in [0.4, 0.5) is 0 Å². The largest absolute Gasteiger partial charge is 0.467 e. The SMILES string of the molecule is NCc1c(Cl)cccc1OCOCC1CC1. The van der Waals surface area contributed by atoms with Gasteiger partial charge < -0.3 is 15.2 Å². The van der Waals surface area contributed by atoms with Crippen molar-refractivity contribution in [2.24, 2.45) is 11.7 Å². The Labute approximate surface area is 100 Å². The second-order valence-corrected chi connectivity index (χ2v) is 4.40. The van der Waals surface area contributed by atoms with Crippen LogP contribution in [0.5, 0.6) is 5.75 Å². The van der Waals surface area contributed by atoms with Crippen LogP contribution in [0.25, 0.3) is 0 Å². The minimum absolute atomic E-state index is 0.268. The third kappa shape index (κ3) is 3.11. The Morgan fingerprint density at radius 1 is 1.38 bits per heavy atom. The summed E-state index contributed by atoms with van der Waals surface area (Å²) in [6.45, 7) is 1.43. The number of halogens is 1. The molecule has 3 nitrogen and oxygen atoms in total. The molecule has 0 bridgehead atoms. The predicted molar refractivity (Wildman–Crippen MR) is 63.5 cm³/mol. The summed E-state index contributed by atoms with van der Waals surface area (Å²) >= 11 is 6.00. The molecule has 1 fully saturated rings. The average molecular weight is 242 g/mol. The Balaban J connectivity index is 1.84. The van der Waals surface area contributed by atoms with E-state index in [0.717, 1.165) is 18.1 Å². The Morgan fingerprint density at radius 3 is 2.88 bits per heavy atom. The fraction of sp³-hybridized carbons (Fsp3) is 0.500. The second-order valence-electron chi connectivity index (χ2n) is 4.00. The van der Waals surface area contributed by atoms with Crippen LogP contribution in [0.2, 0.25) is 5.02 Å². The maximum Gasteiger partial charge on any atom is 0.189 e. The van der Waals surface area contributed by atoms with Gasteiger partial charge in [-0.15, -0.1) is 0 Å². The zero-order valence-electron chi connectivity index (χ0n) is 9.12. The molecule has 88 valence electrons. The van der Waals surface area contributed by atoms with E-state index in [1.54, 1.807) is 0 Å². The summed E-state index contributed by atoms with van der Waals surface area (Å²) in [4.78, 5) is 0. The number of hydrogen-bond donors (Lipinski definition) is 1. The average Bonchev–Trinajstić information content (AvgIpc) is 3.08. The van der Waals surface area contributed by atoms with Gasteiger partial charge in [0.25, 0.3) is 0 Å². The molecule has 0 aliphatic heterocycles. The van der Waals surface area contributed by atoms with Gasteiger partial charge in [-0.05, 0) is 30.9 Å². The molecule has 0 heterocycles. The van der Waals surface area contributed by atoms with Crippen molar-refractivity contribution in [2.45, 2.75) is 19.4 Å². The first kappa shape index (κ1) is 11.7. The van der Waals surface area contributed by atoms with Crippen molar-refractivity contribution in [1.82, 2.24) is 0 Å². The molecule has 0 spiro atoms. The van der Waals surface area contributed by atoms with Gasteiger partial charge in [0.2, 0.25) is 0 Å². The van der Waals surface area contributed by atoms with Gasteiger partial charge in [0.1, 0.15) is 5.75 Å². The topological polar surface area (TPSA) is 44.5 Å². The molecular formula is C12H16ClNO2. The van der Waals surface area contributed by atoms with Gasteiger partial charge in [-0.2, -0.15) is 0 Å². The van der Waals surface area contributed by atoms with E-state index in [9.17, 15) is 0 Å². The minimum Gasteiger partial charge on any atom is -0.467 e. The number of hydrogen-bond acceptors (Lipinski definition) is 3. The molecule has 4 heteroatoms. The summed E-state index contributed by atoms with van der Waals surface area (Å²) in [5.41, 5.74) is 6.44. The fourth-order valence-electron chi connectivity index (χ4n) is 1.48. The van der Waals surface area contributed by atoms with E-state index in [1.165, 1.54) is 12.8 Å². The second kappa shape index (κ2) is 5.53. The number of benzene rings is 1. The van der Waals surface area contributed by atoms with E-state index in [4.69, 9.17) is 26.8 Å². The first-order chi connectivity index (χ1) is 7.81. The van der Waals surface area contributed by atoms with Crippen LogP contribution in [-0.2, 0) is 11.3 Å². The van der Waals surface area contributed by atoms with E-state index in [2.05, 4.69) is 0 Å². The molecule has 1 saturated carbocycles. The van der Waals surface area contributed by atoms with E-state index >= 15 is 0 Å². The monoisotopic (exact) mass is 241 g/mol. The van der Waals surface area contributed by atoms with E-state index < -0.39 is 0 Å². The maximum atomic E-state index is 6.00. The number of nitrogens with two attached hydrogens (primary N) is 1. The van der Waals surface area contributed by atoms with Crippen molar-refractivity contribution in [3.05, 3.63) is 28.8 Å². The summed E-state index contributed by atoms with van der Waals surface area (Å²) in [6, 6.07) is 5.51. The molecule has 0 saturated heterocycles. The van der Waals surface area contributed by atoms with Gasteiger partial charge in [0.05, 0.1) is 6.61 Å². The van der Waals surface area contributed by atoms with Crippen LogP contribution in [0, 0.1) is 5.92 Å². The molecule has 0 amide bonds. The molecule has 16 heavy (non-hydrogen) atoms. The van der Waals surface area contributed by atoms with Gasteiger partial charge in [0, 0.05) is 17.1 Å². The van der Waals surface area contributed by atoms with Crippen molar-refractivity contribution >= 4 is 11.6 Å². The van der Waals surface area contributed by atoms with Crippen molar-refractivity contribution in [2.75, 3.05) is 13.4 Å². The van der Waals surface area contributed by atoms with Crippen molar-refractivity contribution in [3.63, 3.8) is 0 Å². The molecule has 2 N–H and O–H groups in total. The van der Waals surface area contributed by atoms with Crippen LogP contribution in [-0.4, -0.2) is 13.4 Å². The zero-order chi connectivity index (χ0) is 11.4. The lowest BCUT2D eigenvalue weighted by Crippen LogP contribution is -2.08. The molecule has 1 aliphatic rings. The van der Waals surface area contributed by atoms with Crippen LogP contribution >= 0.6 is 11.6 Å². The first-order valence-corrected chi connectivity index (χ1v) is 5.87. The summed E-state index contributed by atoms with van der Waals surface area (Å²) in [7, 11) is 0. The van der Waals surface area contributed by atoms with Crippen LogP contribution in [0.1, 0.15) is 18.4 Å². The fourth-order valence-corrected chi connectivity index (χ4v) is 1.72. The number of ether oxygens (including phenoxy) is 2. The lowest BCUT2D eigenvalue weighted by atomic mass is 10.2. The third-order valence-electron chi connectivity index (χ3n) is 2.63. The van der Waals surface area contributed by atoms with Gasteiger partial charge >= 0.3 is 0 Å². The van der Waals surface area contributed by atoms with Gasteiger partial charge in [0.15, 0.2) is 6.79 Å². The van der Waals surface area contributed by atoms with Crippen LogP contribution < -0.4 is 10.5 Å². The molecule has 1 aromatic rings. The maximum absolute atomic E-state index is 6.00. The van der Waals surface area contributed by atoms with E-state index in [1.807, 2.05) is 18.2 Å². The highest BCUT2D eigenvalue weighted by molar-refractivity contribution is 6.31. The normalized spacial score (nSPS) is 15.1. The molecule has 0 atom stereocenters. The Morgan fingerprint density at radius 2 is 2.19 bits per heavy atom. The first-order valence-electron chi connectivity index (χ1n) is 5.49. The standard InChI is InChI=1S/C12H16ClNO2/c13-11-2-1-3-12(10(11)6-14)16-8-15-7-9-4-5-9/h1-3,9H,4-8,14H2. The molecule has 1 aromatic carbocycles. The zero-order valence-corrected chi connectivity index (χ0v) is 9.87. The highest BCUT2D eigenvalue weighted by Crippen LogP contribution is 2.29. The lowest BCUT2D eigenvalue weighted by molar-refractivity contribution is 0.00949. The quantitative estimate of drug-likeness (QED) is 0.615. The molecule has 1 aliphatic carbocycles. The minimum atomic E-state index is 0.268. The van der Waals surface area contributed by atoms with Crippen molar-refractivity contribution in [1.29, 1.82) is 0 Å². The van der Waals surface area contributed by atoms with E-state index in [-0.39, 0.29) is 6.79 Å². The summed E-state index contributed by atoms with van der Waals surface area (Å²) < 4.78 is 10.9. The van der Waals surface area contributed by atoms with Crippen LogP contribution in [0.3, 0.4) is 0 Å².